The zero-order valence-electron chi connectivity index (χ0n) is 15.0. The van der Waals surface area contributed by atoms with Crippen molar-refractivity contribution in [3.8, 4) is 5.75 Å². The Labute approximate surface area is 152 Å². The Kier molecular flexibility index (Phi) is 7.85. The summed E-state index contributed by atoms with van der Waals surface area (Å²) in [6, 6.07) is 1.14. The monoisotopic (exact) mass is 365 g/mol. The van der Waals surface area contributed by atoms with Gasteiger partial charge in [0.2, 0.25) is 5.91 Å². The van der Waals surface area contributed by atoms with E-state index in [1.807, 2.05) is 0 Å². The fourth-order valence-electron chi connectivity index (χ4n) is 2.63. The molecule has 0 aliphatic heterocycles. The van der Waals surface area contributed by atoms with Gasteiger partial charge in [0.05, 0.1) is 6.04 Å². The van der Waals surface area contributed by atoms with Crippen molar-refractivity contribution in [3.63, 3.8) is 0 Å². The quantitative estimate of drug-likeness (QED) is 0.194. The molecule has 0 saturated heterocycles. The molecule has 9 heteroatoms. The van der Waals surface area contributed by atoms with Crippen LogP contribution in [0.15, 0.2) is 17.1 Å². The van der Waals surface area contributed by atoms with E-state index < -0.39 is 24.0 Å². The molecule has 9 N–H and O–H groups in total. The summed E-state index contributed by atoms with van der Waals surface area (Å²) in [4.78, 5) is 27.5. The summed E-state index contributed by atoms with van der Waals surface area (Å²) in [5, 5.41) is 21.5. The number of aliphatic imine (C=N–C) groups is 1. The highest BCUT2D eigenvalue weighted by molar-refractivity contribution is 5.87. The second-order valence-electron chi connectivity index (χ2n) is 6.22. The van der Waals surface area contributed by atoms with Crippen molar-refractivity contribution >= 4 is 17.8 Å². The van der Waals surface area contributed by atoms with Gasteiger partial charge >= 0.3 is 5.97 Å². The van der Waals surface area contributed by atoms with Crippen LogP contribution in [0, 0.1) is 13.8 Å². The zero-order chi connectivity index (χ0) is 19.9. The number of aliphatic carboxylic acids is 1. The number of carboxylic acids is 1. The molecule has 0 aromatic heterocycles. The maximum atomic E-state index is 12.2. The highest BCUT2D eigenvalue weighted by atomic mass is 16.4. The predicted octanol–water partition coefficient (Wildman–Crippen LogP) is -0.498. The van der Waals surface area contributed by atoms with Crippen molar-refractivity contribution in [2.24, 2.45) is 22.2 Å². The van der Waals surface area contributed by atoms with Gasteiger partial charge in [-0.2, -0.15) is 0 Å². The Morgan fingerprint density at radius 2 is 1.81 bits per heavy atom. The average molecular weight is 365 g/mol. The molecule has 0 saturated carbocycles. The molecule has 1 amide bonds. The van der Waals surface area contributed by atoms with Crippen LogP contribution < -0.4 is 22.5 Å². The highest BCUT2D eigenvalue weighted by Gasteiger charge is 2.24. The van der Waals surface area contributed by atoms with Crippen LogP contribution in [-0.4, -0.2) is 46.7 Å². The number of aryl methyl sites for hydroxylation is 2. The van der Waals surface area contributed by atoms with Gasteiger partial charge in [-0.1, -0.05) is 0 Å². The summed E-state index contributed by atoms with van der Waals surface area (Å²) in [5.74, 6) is -1.62. The molecule has 0 unspecified atom stereocenters. The molecule has 0 radical (unpaired) electrons. The molecule has 2 atom stereocenters. The number of hydrogen-bond acceptors (Lipinski definition) is 5. The van der Waals surface area contributed by atoms with E-state index >= 15 is 0 Å². The predicted molar refractivity (Wildman–Crippen MR) is 98.7 cm³/mol. The Morgan fingerprint density at radius 3 is 2.31 bits per heavy atom. The summed E-state index contributed by atoms with van der Waals surface area (Å²) >= 11 is 0. The van der Waals surface area contributed by atoms with Gasteiger partial charge in [0.25, 0.3) is 0 Å². The van der Waals surface area contributed by atoms with Crippen LogP contribution in [0.5, 0.6) is 5.75 Å². The van der Waals surface area contributed by atoms with Crippen molar-refractivity contribution in [2.75, 3.05) is 6.54 Å². The number of benzene rings is 1. The molecule has 1 aromatic rings. The molecule has 9 nitrogen and oxygen atoms in total. The zero-order valence-corrected chi connectivity index (χ0v) is 15.0. The van der Waals surface area contributed by atoms with E-state index in [9.17, 15) is 19.8 Å². The fourth-order valence-corrected chi connectivity index (χ4v) is 2.63. The number of amides is 1. The molecule has 144 valence electrons. The first-order valence-electron chi connectivity index (χ1n) is 8.25. The standard InChI is InChI=1S/C17H27N5O4/c1-9-6-11(23)7-10(2)12(9)8-14(16(25)26)22-15(24)13(18)4-3-5-21-17(19)20/h6-7,13-14,23H,3-5,8,18H2,1-2H3,(H,22,24)(H,25,26)(H4,19,20,21)/t13-,14+/m1/s1. The first-order valence-corrected chi connectivity index (χ1v) is 8.25. The fraction of sp³-hybridized carbons (Fsp3) is 0.471. The minimum absolute atomic E-state index is 0.0337. The minimum atomic E-state index is -1.15. The van der Waals surface area contributed by atoms with Crippen molar-refractivity contribution in [3.05, 3.63) is 28.8 Å². The van der Waals surface area contributed by atoms with Crippen molar-refractivity contribution in [1.29, 1.82) is 0 Å². The molecular weight excluding hydrogens is 338 g/mol. The van der Waals surface area contributed by atoms with Gasteiger partial charge in [-0.15, -0.1) is 0 Å². The van der Waals surface area contributed by atoms with E-state index in [1.165, 1.54) is 0 Å². The SMILES string of the molecule is Cc1cc(O)cc(C)c1C[C@H](NC(=O)[C@H](N)CCCN=C(N)N)C(=O)O. The first-order chi connectivity index (χ1) is 12.1. The van der Waals surface area contributed by atoms with Gasteiger partial charge in [-0.25, -0.2) is 4.79 Å². The molecule has 1 rings (SSSR count). The van der Waals surface area contributed by atoms with Crippen LogP contribution in [0.25, 0.3) is 0 Å². The lowest BCUT2D eigenvalue weighted by Crippen LogP contribution is -2.49. The van der Waals surface area contributed by atoms with Gasteiger partial charge in [-0.05, 0) is 55.5 Å². The Bertz CT molecular complexity index is 663. The molecule has 0 aliphatic rings. The minimum Gasteiger partial charge on any atom is -0.508 e. The normalized spacial score (nSPS) is 12.9. The summed E-state index contributed by atoms with van der Waals surface area (Å²) in [7, 11) is 0. The summed E-state index contributed by atoms with van der Waals surface area (Å²) in [5.41, 5.74) is 18.5. The number of phenols is 1. The number of nitrogens with zero attached hydrogens (tertiary/aromatic N) is 1. The first kappa shape index (κ1) is 21.2. The van der Waals surface area contributed by atoms with Crippen LogP contribution in [0.2, 0.25) is 0 Å². The van der Waals surface area contributed by atoms with Crippen LogP contribution in [0.4, 0.5) is 0 Å². The smallest absolute Gasteiger partial charge is 0.326 e. The maximum absolute atomic E-state index is 12.2. The number of carboxylic acid groups (broad SMARTS) is 1. The number of aromatic hydroxyl groups is 1. The summed E-state index contributed by atoms with van der Waals surface area (Å²) in [6.45, 7) is 3.90. The Balaban J connectivity index is 2.72. The van der Waals surface area contributed by atoms with E-state index in [1.54, 1.807) is 26.0 Å². The topological polar surface area (TPSA) is 177 Å². The van der Waals surface area contributed by atoms with E-state index in [0.717, 1.165) is 16.7 Å². The number of nitrogens with two attached hydrogens (primary N) is 3. The third-order valence-electron chi connectivity index (χ3n) is 4.01. The molecular formula is C17H27N5O4. The van der Waals surface area contributed by atoms with Crippen LogP contribution in [-0.2, 0) is 16.0 Å². The second-order valence-corrected chi connectivity index (χ2v) is 6.22. The average Bonchev–Trinajstić information content (AvgIpc) is 2.52. The van der Waals surface area contributed by atoms with Gasteiger partial charge in [0, 0.05) is 13.0 Å². The lowest BCUT2D eigenvalue weighted by atomic mass is 9.95. The van der Waals surface area contributed by atoms with Crippen LogP contribution >= 0.6 is 0 Å². The summed E-state index contributed by atoms with van der Waals surface area (Å²) in [6.07, 6.45) is 0.923. The molecule has 0 fully saturated rings. The lowest BCUT2D eigenvalue weighted by Gasteiger charge is -2.20. The Morgan fingerprint density at radius 1 is 1.23 bits per heavy atom. The molecule has 0 heterocycles. The van der Waals surface area contributed by atoms with Crippen molar-refractivity contribution in [2.45, 2.75) is 45.2 Å². The summed E-state index contributed by atoms with van der Waals surface area (Å²) < 4.78 is 0. The molecule has 1 aromatic carbocycles. The number of rotatable bonds is 9. The molecule has 26 heavy (non-hydrogen) atoms. The van der Waals surface area contributed by atoms with Crippen molar-refractivity contribution in [1.82, 2.24) is 5.32 Å². The Hall–Kier alpha value is -2.81. The van der Waals surface area contributed by atoms with Crippen LogP contribution in [0.3, 0.4) is 0 Å². The third kappa shape index (κ3) is 6.60. The van der Waals surface area contributed by atoms with E-state index in [4.69, 9.17) is 17.2 Å². The third-order valence-corrected chi connectivity index (χ3v) is 4.01. The molecule has 0 spiro atoms. The lowest BCUT2D eigenvalue weighted by molar-refractivity contribution is -0.142. The van der Waals surface area contributed by atoms with Gasteiger partial charge in [-0.3, -0.25) is 9.79 Å². The van der Waals surface area contributed by atoms with Gasteiger partial charge < -0.3 is 32.7 Å². The maximum Gasteiger partial charge on any atom is 0.326 e. The number of guanidine groups is 1. The number of hydrogen-bond donors (Lipinski definition) is 6. The highest BCUT2D eigenvalue weighted by Crippen LogP contribution is 2.22. The molecule has 0 aliphatic carbocycles. The van der Waals surface area contributed by atoms with Gasteiger partial charge in [0.15, 0.2) is 5.96 Å². The van der Waals surface area contributed by atoms with Crippen LogP contribution in [0.1, 0.15) is 29.5 Å². The van der Waals surface area contributed by atoms with E-state index in [0.29, 0.717) is 19.4 Å². The van der Waals surface area contributed by atoms with Crippen molar-refractivity contribution < 1.29 is 19.8 Å². The number of nitrogens with one attached hydrogen (secondary N) is 1. The van der Waals surface area contributed by atoms with E-state index in [2.05, 4.69) is 10.3 Å². The largest absolute Gasteiger partial charge is 0.508 e. The van der Waals surface area contributed by atoms with Gasteiger partial charge in [0.1, 0.15) is 11.8 Å². The number of phenolic OH excluding ortho intramolecular Hbond substituents is 1. The number of carbonyl (C=O) groups excluding carboxylic acids is 1. The molecule has 0 bridgehead atoms. The van der Waals surface area contributed by atoms with E-state index in [-0.39, 0.29) is 18.1 Å². The number of carbonyl (C=O) groups is 2. The second kappa shape index (κ2) is 9.62.